The number of nitrogens with zero attached hydrogens (tertiary/aromatic N) is 1. The van der Waals surface area contributed by atoms with E-state index in [9.17, 15) is 18.0 Å². The van der Waals surface area contributed by atoms with Crippen LogP contribution in [0.4, 0.5) is 13.2 Å². The number of carbonyl (C=O) groups is 1. The molecule has 1 aromatic carbocycles. The van der Waals surface area contributed by atoms with Crippen LogP contribution >= 0.6 is 0 Å². The second-order valence-electron chi connectivity index (χ2n) is 8.11. The Bertz CT molecular complexity index is 651. The summed E-state index contributed by atoms with van der Waals surface area (Å²) in [6.07, 6.45) is -0.284. The number of halogens is 3. The number of hydrogen-bond acceptors (Lipinski definition) is 2. The topological polar surface area (TPSA) is 32.3 Å². The molecule has 144 valence electrons. The average molecular weight is 368 g/mol. The van der Waals surface area contributed by atoms with Gasteiger partial charge in [0.2, 0.25) is 5.91 Å². The number of piperidine rings is 1. The van der Waals surface area contributed by atoms with Crippen LogP contribution in [0.1, 0.15) is 56.6 Å². The molecular formula is C20H27F3N2O. The van der Waals surface area contributed by atoms with Crippen molar-refractivity contribution in [2.75, 3.05) is 19.6 Å². The molecule has 1 N–H and O–H groups in total. The van der Waals surface area contributed by atoms with E-state index in [4.69, 9.17) is 0 Å². The van der Waals surface area contributed by atoms with Gasteiger partial charge in [-0.15, -0.1) is 0 Å². The second kappa shape index (κ2) is 7.22. The predicted molar refractivity (Wildman–Crippen MR) is 94.8 cm³/mol. The molecule has 1 saturated carbocycles. The van der Waals surface area contributed by atoms with Crippen LogP contribution in [0.5, 0.6) is 0 Å². The highest BCUT2D eigenvalue weighted by atomic mass is 19.4. The molecule has 3 rings (SSSR count). The molecule has 1 aromatic rings. The van der Waals surface area contributed by atoms with E-state index in [1.807, 2.05) is 0 Å². The van der Waals surface area contributed by atoms with Gasteiger partial charge in [-0.2, -0.15) is 13.2 Å². The Morgan fingerprint density at radius 1 is 1.15 bits per heavy atom. The Morgan fingerprint density at radius 2 is 1.81 bits per heavy atom. The fraction of sp³-hybridized carbons (Fsp3) is 0.650. The van der Waals surface area contributed by atoms with Gasteiger partial charge in [0.15, 0.2) is 0 Å². The zero-order chi connectivity index (χ0) is 18.9. The third kappa shape index (κ3) is 4.22. The van der Waals surface area contributed by atoms with Crippen LogP contribution in [0.25, 0.3) is 0 Å². The molecule has 0 bridgehead atoms. The molecule has 2 unspecified atom stereocenters. The SMILES string of the molecule is CC(C)(CNC(=O)C1CC1c1ccccc1C(F)(F)F)N1CCCCC1. The van der Waals surface area contributed by atoms with E-state index in [1.54, 1.807) is 6.07 Å². The molecule has 1 saturated heterocycles. The minimum atomic E-state index is -4.38. The van der Waals surface area contributed by atoms with E-state index >= 15 is 0 Å². The molecule has 1 aliphatic heterocycles. The Morgan fingerprint density at radius 3 is 2.46 bits per heavy atom. The number of amides is 1. The fourth-order valence-corrected chi connectivity index (χ4v) is 3.95. The Kier molecular flexibility index (Phi) is 5.33. The third-order valence-electron chi connectivity index (χ3n) is 5.70. The van der Waals surface area contributed by atoms with Crippen LogP contribution in [-0.4, -0.2) is 36.0 Å². The lowest BCUT2D eigenvalue weighted by atomic mass is 9.98. The summed E-state index contributed by atoms with van der Waals surface area (Å²) in [6, 6.07) is 5.60. The molecule has 1 aliphatic carbocycles. The highest BCUT2D eigenvalue weighted by molar-refractivity contribution is 5.83. The zero-order valence-electron chi connectivity index (χ0n) is 15.4. The number of likely N-dealkylation sites (tertiary alicyclic amines) is 1. The summed E-state index contributed by atoms with van der Waals surface area (Å²) < 4.78 is 39.5. The first kappa shape index (κ1) is 19.2. The van der Waals surface area contributed by atoms with Gasteiger partial charge >= 0.3 is 6.18 Å². The summed E-state index contributed by atoms with van der Waals surface area (Å²) >= 11 is 0. The monoisotopic (exact) mass is 368 g/mol. The van der Waals surface area contributed by atoms with Gasteiger partial charge in [-0.25, -0.2) is 0 Å². The number of rotatable bonds is 5. The summed E-state index contributed by atoms with van der Waals surface area (Å²) in [7, 11) is 0. The highest BCUT2D eigenvalue weighted by Crippen LogP contribution is 2.51. The van der Waals surface area contributed by atoms with E-state index < -0.39 is 11.7 Å². The molecule has 2 aliphatic rings. The largest absolute Gasteiger partial charge is 0.416 e. The zero-order valence-corrected chi connectivity index (χ0v) is 15.4. The van der Waals surface area contributed by atoms with Crippen LogP contribution in [0.15, 0.2) is 24.3 Å². The smallest absolute Gasteiger partial charge is 0.354 e. The molecule has 2 atom stereocenters. The van der Waals surface area contributed by atoms with Crippen LogP contribution in [-0.2, 0) is 11.0 Å². The molecular weight excluding hydrogens is 341 g/mol. The van der Waals surface area contributed by atoms with E-state index in [1.165, 1.54) is 31.4 Å². The molecule has 6 heteroatoms. The first-order valence-electron chi connectivity index (χ1n) is 9.39. The minimum Gasteiger partial charge on any atom is -0.354 e. The third-order valence-corrected chi connectivity index (χ3v) is 5.70. The number of benzene rings is 1. The van der Waals surface area contributed by atoms with Crippen molar-refractivity contribution in [2.45, 2.75) is 57.2 Å². The summed E-state index contributed by atoms with van der Waals surface area (Å²) in [5.74, 6) is -0.807. The van der Waals surface area contributed by atoms with Crippen molar-refractivity contribution in [3.63, 3.8) is 0 Å². The fourth-order valence-electron chi connectivity index (χ4n) is 3.95. The van der Waals surface area contributed by atoms with Gasteiger partial charge in [-0.05, 0) is 63.7 Å². The lowest BCUT2D eigenvalue weighted by Crippen LogP contribution is -2.53. The van der Waals surface area contributed by atoms with Crippen molar-refractivity contribution >= 4 is 5.91 Å². The Labute approximate surface area is 152 Å². The molecule has 0 aromatic heterocycles. The Balaban J connectivity index is 1.58. The van der Waals surface area contributed by atoms with Crippen molar-refractivity contribution in [3.8, 4) is 0 Å². The van der Waals surface area contributed by atoms with Crippen molar-refractivity contribution in [2.24, 2.45) is 5.92 Å². The number of alkyl halides is 3. The standard InChI is InChI=1S/C20H27F3N2O/c1-19(2,25-10-6-3-7-11-25)13-24-18(26)16-12-15(16)14-8-4-5-9-17(14)20(21,22)23/h4-5,8-9,15-16H,3,6-7,10-13H2,1-2H3,(H,24,26). The number of nitrogens with one attached hydrogen (secondary N) is 1. The van der Waals surface area contributed by atoms with Crippen LogP contribution in [0.2, 0.25) is 0 Å². The van der Waals surface area contributed by atoms with Crippen LogP contribution in [0.3, 0.4) is 0 Å². The number of carbonyl (C=O) groups excluding carboxylic acids is 1. The van der Waals surface area contributed by atoms with Crippen molar-refractivity contribution < 1.29 is 18.0 Å². The van der Waals surface area contributed by atoms with Gasteiger partial charge in [-0.1, -0.05) is 24.6 Å². The van der Waals surface area contributed by atoms with Gasteiger partial charge < -0.3 is 5.32 Å². The molecule has 0 radical (unpaired) electrons. The van der Waals surface area contributed by atoms with Crippen LogP contribution < -0.4 is 5.32 Å². The van der Waals surface area contributed by atoms with Gasteiger partial charge in [0.25, 0.3) is 0 Å². The Hall–Kier alpha value is -1.56. The maximum Gasteiger partial charge on any atom is 0.416 e. The van der Waals surface area contributed by atoms with E-state index in [0.717, 1.165) is 19.2 Å². The lowest BCUT2D eigenvalue weighted by Gasteiger charge is -2.41. The maximum absolute atomic E-state index is 13.2. The molecule has 2 fully saturated rings. The summed E-state index contributed by atoms with van der Waals surface area (Å²) in [6.45, 7) is 6.82. The molecule has 1 heterocycles. The predicted octanol–water partition coefficient (Wildman–Crippen LogP) is 4.19. The first-order chi connectivity index (χ1) is 12.2. The van der Waals surface area contributed by atoms with Crippen molar-refractivity contribution in [1.29, 1.82) is 0 Å². The highest BCUT2D eigenvalue weighted by Gasteiger charge is 2.48. The summed E-state index contributed by atoms with van der Waals surface area (Å²) in [5.41, 5.74) is -0.506. The lowest BCUT2D eigenvalue weighted by molar-refractivity contribution is -0.138. The molecule has 0 spiro atoms. The van der Waals surface area contributed by atoms with Gasteiger partial charge in [0.05, 0.1) is 5.56 Å². The van der Waals surface area contributed by atoms with E-state index in [-0.39, 0.29) is 28.8 Å². The van der Waals surface area contributed by atoms with Gasteiger partial charge in [-0.3, -0.25) is 9.69 Å². The molecule has 3 nitrogen and oxygen atoms in total. The number of hydrogen-bond donors (Lipinski definition) is 1. The average Bonchev–Trinajstić information content (AvgIpc) is 3.40. The van der Waals surface area contributed by atoms with E-state index in [2.05, 4.69) is 24.1 Å². The van der Waals surface area contributed by atoms with Gasteiger partial charge in [0, 0.05) is 18.0 Å². The quantitative estimate of drug-likeness (QED) is 0.845. The van der Waals surface area contributed by atoms with Gasteiger partial charge in [0.1, 0.15) is 0 Å². The second-order valence-corrected chi connectivity index (χ2v) is 8.11. The normalized spacial score (nSPS) is 24.3. The first-order valence-corrected chi connectivity index (χ1v) is 9.39. The van der Waals surface area contributed by atoms with E-state index in [0.29, 0.717) is 13.0 Å². The minimum absolute atomic E-state index is 0.128. The van der Waals surface area contributed by atoms with Crippen molar-refractivity contribution in [3.05, 3.63) is 35.4 Å². The summed E-state index contributed by atoms with van der Waals surface area (Å²) in [5, 5.41) is 2.98. The molecule has 26 heavy (non-hydrogen) atoms. The molecule has 1 amide bonds. The summed E-state index contributed by atoms with van der Waals surface area (Å²) in [4.78, 5) is 14.9. The maximum atomic E-state index is 13.2. The van der Waals surface area contributed by atoms with Crippen LogP contribution in [0, 0.1) is 5.92 Å². The van der Waals surface area contributed by atoms with Crippen molar-refractivity contribution in [1.82, 2.24) is 10.2 Å².